The molecule has 0 aromatic rings. The van der Waals surface area contributed by atoms with Gasteiger partial charge in [0.2, 0.25) is 0 Å². The smallest absolute Gasteiger partial charge is 0.152 e. The van der Waals surface area contributed by atoms with Crippen molar-refractivity contribution in [1.29, 1.82) is 0 Å². The number of rotatable bonds is 7. The van der Waals surface area contributed by atoms with Crippen LogP contribution >= 0.6 is 0 Å². The summed E-state index contributed by atoms with van der Waals surface area (Å²) in [6, 6.07) is 0. The summed E-state index contributed by atoms with van der Waals surface area (Å²) in [5.74, 6) is 0.282. The highest BCUT2D eigenvalue weighted by molar-refractivity contribution is 5.87. The number of carbonyl (C=O) groups is 2. The van der Waals surface area contributed by atoms with Gasteiger partial charge in [-0.05, 0) is 38.8 Å². The highest BCUT2D eigenvalue weighted by Gasteiger charge is 1.80. The largest absolute Gasteiger partial charge is 0.295 e. The predicted octanol–water partition coefficient (Wildman–Crippen LogP) is 4.25. The first-order valence-corrected chi connectivity index (χ1v) is 6.38. The van der Waals surface area contributed by atoms with Crippen molar-refractivity contribution in [3.8, 4) is 0 Å². The molecule has 0 aromatic carbocycles. The Morgan fingerprint density at radius 2 is 1.29 bits per heavy atom. The van der Waals surface area contributed by atoms with Crippen LogP contribution in [0, 0.1) is 0 Å². The van der Waals surface area contributed by atoms with E-state index in [0.717, 1.165) is 19.3 Å². The second-order valence-electron chi connectivity index (χ2n) is 3.96. The first-order valence-electron chi connectivity index (χ1n) is 6.38. The van der Waals surface area contributed by atoms with E-state index in [1.165, 1.54) is 12.8 Å². The molecular formula is C15H26O2. The van der Waals surface area contributed by atoms with Crippen LogP contribution in [0.3, 0.4) is 0 Å². The molecule has 0 bridgehead atoms. The Morgan fingerprint density at radius 3 is 1.65 bits per heavy atom. The van der Waals surface area contributed by atoms with E-state index in [0.29, 0.717) is 0 Å². The van der Waals surface area contributed by atoms with Crippen LogP contribution in [0.4, 0.5) is 0 Å². The van der Waals surface area contributed by atoms with Crippen molar-refractivity contribution in [2.45, 2.75) is 59.8 Å². The Labute approximate surface area is 106 Å². The Bertz CT molecular complexity index is 250. The Balaban J connectivity index is 0. The van der Waals surface area contributed by atoms with Crippen LogP contribution in [-0.2, 0) is 9.59 Å². The predicted molar refractivity (Wildman–Crippen MR) is 74.1 cm³/mol. The molecule has 0 saturated heterocycles. The molecule has 17 heavy (non-hydrogen) atoms. The maximum atomic E-state index is 10.3. The third-order valence-electron chi connectivity index (χ3n) is 1.88. The topological polar surface area (TPSA) is 34.1 Å². The highest BCUT2D eigenvalue weighted by Crippen LogP contribution is 1.94. The number of carbonyl (C=O) groups excluding carboxylic acids is 2. The third kappa shape index (κ3) is 25.3. The van der Waals surface area contributed by atoms with E-state index in [2.05, 4.69) is 13.8 Å². The fraction of sp³-hybridized carbons (Fsp3) is 0.600. The average Bonchev–Trinajstić information content (AvgIpc) is 2.25. The van der Waals surface area contributed by atoms with Crippen molar-refractivity contribution in [2.75, 3.05) is 0 Å². The Morgan fingerprint density at radius 1 is 0.824 bits per heavy atom. The van der Waals surface area contributed by atoms with Crippen LogP contribution in [0.1, 0.15) is 59.8 Å². The Kier molecular flexibility index (Phi) is 15.9. The molecule has 0 saturated carbocycles. The summed E-state index contributed by atoms with van der Waals surface area (Å²) in [5, 5.41) is 0. The van der Waals surface area contributed by atoms with Gasteiger partial charge in [0.25, 0.3) is 0 Å². The van der Waals surface area contributed by atoms with E-state index in [4.69, 9.17) is 0 Å². The number of hydrogen-bond acceptors (Lipinski definition) is 2. The third-order valence-corrected chi connectivity index (χ3v) is 1.88. The summed E-state index contributed by atoms with van der Waals surface area (Å²) >= 11 is 0. The highest BCUT2D eigenvalue weighted by atomic mass is 16.1. The van der Waals surface area contributed by atoms with Crippen molar-refractivity contribution in [3.63, 3.8) is 0 Å². The van der Waals surface area contributed by atoms with Crippen molar-refractivity contribution in [2.24, 2.45) is 0 Å². The van der Waals surface area contributed by atoms with Crippen molar-refractivity contribution >= 4 is 11.6 Å². The van der Waals surface area contributed by atoms with Crippen LogP contribution in [-0.4, -0.2) is 11.6 Å². The van der Waals surface area contributed by atoms with Crippen molar-refractivity contribution in [3.05, 3.63) is 24.3 Å². The van der Waals surface area contributed by atoms with Gasteiger partial charge in [-0.1, -0.05) is 45.3 Å². The monoisotopic (exact) mass is 238 g/mol. The van der Waals surface area contributed by atoms with Gasteiger partial charge in [0.15, 0.2) is 11.6 Å². The molecule has 0 aromatic heterocycles. The van der Waals surface area contributed by atoms with Crippen LogP contribution in [0.15, 0.2) is 24.3 Å². The zero-order valence-electron chi connectivity index (χ0n) is 11.7. The molecule has 2 nitrogen and oxygen atoms in total. The molecule has 98 valence electrons. The first kappa shape index (κ1) is 18.2. The van der Waals surface area contributed by atoms with Gasteiger partial charge in [-0.25, -0.2) is 0 Å². The van der Waals surface area contributed by atoms with Crippen molar-refractivity contribution < 1.29 is 9.59 Å². The summed E-state index contributed by atoms with van der Waals surface area (Å²) in [4.78, 5) is 20.6. The average molecular weight is 238 g/mol. The SMILES string of the molecule is CCCC=CC(C)=O.CCCCC=CC(C)=O. The number of unbranched alkanes of at least 4 members (excludes halogenated alkanes) is 3. The van der Waals surface area contributed by atoms with E-state index in [-0.39, 0.29) is 11.6 Å². The number of allylic oxidation sites excluding steroid dienone is 4. The standard InChI is InChI=1S/C8H14O.C7H12O/c1-3-4-5-6-7-8(2)9;1-3-4-5-6-7(2)8/h6-7H,3-5H2,1-2H3;5-6H,3-4H2,1-2H3. The Hall–Kier alpha value is -1.18. The molecule has 0 aliphatic carbocycles. The van der Waals surface area contributed by atoms with Gasteiger partial charge in [-0.2, -0.15) is 0 Å². The first-order chi connectivity index (χ1) is 8.04. The fourth-order valence-electron chi connectivity index (χ4n) is 0.987. The lowest BCUT2D eigenvalue weighted by Crippen LogP contribution is -1.79. The molecule has 0 atom stereocenters. The van der Waals surface area contributed by atoms with Gasteiger partial charge in [-0.3, -0.25) is 9.59 Å². The molecule has 0 spiro atoms. The quantitative estimate of drug-likeness (QED) is 0.490. The minimum Gasteiger partial charge on any atom is -0.295 e. The molecule has 0 amide bonds. The lowest BCUT2D eigenvalue weighted by atomic mass is 10.2. The van der Waals surface area contributed by atoms with E-state index < -0.39 is 0 Å². The second-order valence-corrected chi connectivity index (χ2v) is 3.96. The lowest BCUT2D eigenvalue weighted by molar-refractivity contribution is -0.113. The second kappa shape index (κ2) is 14.8. The van der Waals surface area contributed by atoms with Gasteiger partial charge >= 0.3 is 0 Å². The number of ketones is 2. The maximum absolute atomic E-state index is 10.3. The summed E-state index contributed by atoms with van der Waals surface area (Å²) < 4.78 is 0. The summed E-state index contributed by atoms with van der Waals surface area (Å²) in [5.41, 5.74) is 0. The molecule has 2 heteroatoms. The normalized spacial score (nSPS) is 10.4. The van der Waals surface area contributed by atoms with Crippen LogP contribution in [0.5, 0.6) is 0 Å². The molecule has 0 aliphatic heterocycles. The number of hydrogen-bond donors (Lipinski definition) is 0. The summed E-state index contributed by atoms with van der Waals surface area (Å²) in [7, 11) is 0. The van der Waals surface area contributed by atoms with Crippen LogP contribution in [0.2, 0.25) is 0 Å². The zero-order chi connectivity index (χ0) is 13.5. The summed E-state index contributed by atoms with van der Waals surface area (Å²) in [6.45, 7) is 7.36. The van der Waals surface area contributed by atoms with Gasteiger partial charge in [0, 0.05) is 0 Å². The minimum atomic E-state index is 0.137. The molecular weight excluding hydrogens is 212 g/mol. The van der Waals surface area contributed by atoms with Crippen LogP contribution in [0.25, 0.3) is 0 Å². The molecule has 0 unspecified atom stereocenters. The van der Waals surface area contributed by atoms with E-state index in [1.54, 1.807) is 26.0 Å². The van der Waals surface area contributed by atoms with Gasteiger partial charge in [0.1, 0.15) is 0 Å². The van der Waals surface area contributed by atoms with E-state index >= 15 is 0 Å². The van der Waals surface area contributed by atoms with E-state index in [9.17, 15) is 9.59 Å². The minimum absolute atomic E-state index is 0.137. The van der Waals surface area contributed by atoms with E-state index in [1.807, 2.05) is 12.2 Å². The fourth-order valence-corrected chi connectivity index (χ4v) is 0.987. The molecule has 0 N–H and O–H groups in total. The van der Waals surface area contributed by atoms with Gasteiger partial charge in [0.05, 0.1) is 0 Å². The maximum Gasteiger partial charge on any atom is 0.152 e. The molecule has 0 heterocycles. The summed E-state index contributed by atoms with van der Waals surface area (Å²) in [6.07, 6.45) is 12.6. The van der Waals surface area contributed by atoms with Crippen molar-refractivity contribution in [1.82, 2.24) is 0 Å². The van der Waals surface area contributed by atoms with Gasteiger partial charge < -0.3 is 0 Å². The molecule has 0 radical (unpaired) electrons. The molecule has 0 aliphatic rings. The lowest BCUT2D eigenvalue weighted by Gasteiger charge is -1.85. The molecule has 0 rings (SSSR count). The van der Waals surface area contributed by atoms with Crippen LogP contribution < -0.4 is 0 Å². The van der Waals surface area contributed by atoms with Gasteiger partial charge in [-0.15, -0.1) is 0 Å². The zero-order valence-corrected chi connectivity index (χ0v) is 11.7. The molecule has 0 fully saturated rings.